The average molecular weight is 313 g/mol. The highest BCUT2D eigenvalue weighted by Gasteiger charge is 2.10. The molecule has 7 heteroatoms. The van der Waals surface area contributed by atoms with Crippen LogP contribution in [0.1, 0.15) is 29.3 Å². The van der Waals surface area contributed by atoms with Crippen LogP contribution in [0.3, 0.4) is 0 Å². The fraction of sp³-hybridized carbons (Fsp3) is 0.500. The van der Waals surface area contributed by atoms with E-state index in [2.05, 4.69) is 15.4 Å². The first kappa shape index (κ1) is 17.5. The molecule has 21 heavy (non-hydrogen) atoms. The maximum absolute atomic E-state index is 12.2. The van der Waals surface area contributed by atoms with E-state index in [0.717, 1.165) is 24.1 Å². The number of hydrogen-bond donors (Lipinski definition) is 3. The van der Waals surface area contributed by atoms with Gasteiger partial charge in [0.15, 0.2) is 0 Å². The third-order valence-corrected chi connectivity index (χ3v) is 3.52. The molecule has 118 valence electrons. The Morgan fingerprint density at radius 2 is 1.95 bits per heavy atom. The number of benzene rings is 1. The van der Waals surface area contributed by atoms with E-state index in [1.807, 2.05) is 32.0 Å². The molecule has 0 aromatic heterocycles. The van der Waals surface area contributed by atoms with Crippen molar-refractivity contribution in [2.45, 2.75) is 20.3 Å². The van der Waals surface area contributed by atoms with E-state index in [1.54, 1.807) is 0 Å². The lowest BCUT2D eigenvalue weighted by Crippen LogP contribution is -2.29. The van der Waals surface area contributed by atoms with E-state index >= 15 is 0 Å². The van der Waals surface area contributed by atoms with Crippen LogP contribution in [0, 0.1) is 6.92 Å². The summed E-state index contributed by atoms with van der Waals surface area (Å²) in [5, 5.41) is 5.95. The zero-order valence-corrected chi connectivity index (χ0v) is 13.5. The predicted octanol–water partition coefficient (Wildman–Crippen LogP) is 1.10. The second-order valence-corrected chi connectivity index (χ2v) is 6.69. The van der Waals surface area contributed by atoms with Crippen molar-refractivity contribution in [3.8, 4) is 0 Å². The SMILES string of the molecule is CCNc1ccc(C)cc1C(=O)NCCCNS(C)(=O)=O. The van der Waals surface area contributed by atoms with E-state index in [9.17, 15) is 13.2 Å². The highest BCUT2D eigenvalue weighted by molar-refractivity contribution is 7.88. The Kier molecular flexibility index (Phi) is 6.64. The molecule has 0 bridgehead atoms. The number of carbonyl (C=O) groups is 1. The predicted molar refractivity (Wildman–Crippen MR) is 85.1 cm³/mol. The second-order valence-electron chi connectivity index (χ2n) is 4.86. The Morgan fingerprint density at radius 1 is 1.24 bits per heavy atom. The van der Waals surface area contributed by atoms with Crippen molar-refractivity contribution in [1.82, 2.24) is 10.0 Å². The molecule has 0 saturated carbocycles. The third-order valence-electron chi connectivity index (χ3n) is 2.79. The highest BCUT2D eigenvalue weighted by Crippen LogP contribution is 2.17. The van der Waals surface area contributed by atoms with Gasteiger partial charge in [0.05, 0.1) is 11.8 Å². The Hall–Kier alpha value is -1.60. The normalized spacial score (nSPS) is 11.2. The molecule has 0 saturated heterocycles. The van der Waals surface area contributed by atoms with Crippen LogP contribution in [-0.4, -0.2) is 40.2 Å². The van der Waals surface area contributed by atoms with Crippen molar-refractivity contribution in [2.75, 3.05) is 31.2 Å². The number of hydrogen-bond acceptors (Lipinski definition) is 4. The Bertz CT molecular complexity index is 585. The number of sulfonamides is 1. The van der Waals surface area contributed by atoms with Gasteiger partial charge in [0.25, 0.3) is 5.91 Å². The summed E-state index contributed by atoms with van der Waals surface area (Å²) in [6, 6.07) is 5.67. The molecule has 0 aliphatic carbocycles. The standard InChI is InChI=1S/C14H23N3O3S/c1-4-15-13-7-6-11(2)10-12(13)14(18)16-8-5-9-17-21(3,19)20/h6-7,10,15,17H,4-5,8-9H2,1-3H3,(H,16,18). The van der Waals surface area contributed by atoms with Gasteiger partial charge in [0.2, 0.25) is 10.0 Å². The van der Waals surface area contributed by atoms with Crippen molar-refractivity contribution in [2.24, 2.45) is 0 Å². The van der Waals surface area contributed by atoms with E-state index in [4.69, 9.17) is 0 Å². The van der Waals surface area contributed by atoms with Crippen LogP contribution < -0.4 is 15.4 Å². The number of nitrogens with one attached hydrogen (secondary N) is 3. The summed E-state index contributed by atoms with van der Waals surface area (Å²) in [6.07, 6.45) is 1.65. The number of carbonyl (C=O) groups excluding carboxylic acids is 1. The first-order valence-corrected chi connectivity index (χ1v) is 8.80. The minimum atomic E-state index is -3.17. The lowest BCUT2D eigenvalue weighted by molar-refractivity contribution is 0.0954. The molecule has 1 rings (SSSR count). The molecule has 0 spiro atoms. The zero-order chi connectivity index (χ0) is 15.9. The Labute approximate surface area is 126 Å². The van der Waals surface area contributed by atoms with E-state index in [-0.39, 0.29) is 5.91 Å². The fourth-order valence-electron chi connectivity index (χ4n) is 1.83. The van der Waals surface area contributed by atoms with E-state index in [1.165, 1.54) is 0 Å². The van der Waals surface area contributed by atoms with Gasteiger partial charge in [-0.25, -0.2) is 13.1 Å². The molecular weight excluding hydrogens is 290 g/mol. The molecule has 3 N–H and O–H groups in total. The van der Waals surface area contributed by atoms with Crippen LogP contribution in [0.15, 0.2) is 18.2 Å². The zero-order valence-electron chi connectivity index (χ0n) is 12.7. The lowest BCUT2D eigenvalue weighted by atomic mass is 10.1. The third kappa shape index (κ3) is 6.59. The molecule has 1 aromatic rings. The molecule has 6 nitrogen and oxygen atoms in total. The van der Waals surface area contributed by atoms with Gasteiger partial charge >= 0.3 is 0 Å². The first-order valence-electron chi connectivity index (χ1n) is 6.91. The van der Waals surface area contributed by atoms with Crippen LogP contribution in [0.4, 0.5) is 5.69 Å². The number of anilines is 1. The summed E-state index contributed by atoms with van der Waals surface area (Å²) in [5.74, 6) is -0.158. The van der Waals surface area contributed by atoms with Crippen LogP contribution in [0.25, 0.3) is 0 Å². The van der Waals surface area contributed by atoms with Gasteiger partial charge < -0.3 is 10.6 Å². The highest BCUT2D eigenvalue weighted by atomic mass is 32.2. The molecule has 0 aliphatic rings. The lowest BCUT2D eigenvalue weighted by Gasteiger charge is -2.12. The Balaban J connectivity index is 2.53. The van der Waals surface area contributed by atoms with Gasteiger partial charge in [0, 0.05) is 25.3 Å². The molecule has 1 aromatic carbocycles. The smallest absolute Gasteiger partial charge is 0.253 e. The van der Waals surface area contributed by atoms with Crippen LogP contribution in [0.5, 0.6) is 0 Å². The van der Waals surface area contributed by atoms with Gasteiger partial charge in [-0.3, -0.25) is 4.79 Å². The van der Waals surface area contributed by atoms with Gasteiger partial charge in [-0.05, 0) is 32.4 Å². The molecule has 0 heterocycles. The molecule has 0 unspecified atom stereocenters. The summed E-state index contributed by atoms with van der Waals surface area (Å²) in [4.78, 5) is 12.2. The van der Waals surface area contributed by atoms with Gasteiger partial charge in [-0.2, -0.15) is 0 Å². The quantitative estimate of drug-likeness (QED) is 0.627. The maximum atomic E-state index is 12.2. The first-order chi connectivity index (χ1) is 9.83. The minimum Gasteiger partial charge on any atom is -0.385 e. The van der Waals surface area contributed by atoms with Gasteiger partial charge in [-0.15, -0.1) is 0 Å². The molecule has 0 fully saturated rings. The molecule has 1 amide bonds. The summed E-state index contributed by atoms with van der Waals surface area (Å²) in [6.45, 7) is 5.37. The molecule has 0 aliphatic heterocycles. The number of rotatable bonds is 8. The molecule has 0 atom stereocenters. The average Bonchev–Trinajstić information content (AvgIpc) is 2.39. The topological polar surface area (TPSA) is 87.3 Å². The summed E-state index contributed by atoms with van der Waals surface area (Å²) < 4.78 is 24.2. The minimum absolute atomic E-state index is 0.158. The van der Waals surface area contributed by atoms with Gasteiger partial charge in [-0.1, -0.05) is 11.6 Å². The maximum Gasteiger partial charge on any atom is 0.253 e. The number of amides is 1. The number of aryl methyl sites for hydroxylation is 1. The van der Waals surface area contributed by atoms with Crippen LogP contribution in [0.2, 0.25) is 0 Å². The van der Waals surface area contributed by atoms with E-state index < -0.39 is 10.0 Å². The van der Waals surface area contributed by atoms with Crippen molar-refractivity contribution >= 4 is 21.6 Å². The summed E-state index contributed by atoms with van der Waals surface area (Å²) >= 11 is 0. The van der Waals surface area contributed by atoms with Crippen molar-refractivity contribution < 1.29 is 13.2 Å². The second kappa shape index (κ2) is 7.99. The van der Waals surface area contributed by atoms with E-state index in [0.29, 0.717) is 25.1 Å². The van der Waals surface area contributed by atoms with Crippen LogP contribution >= 0.6 is 0 Å². The monoisotopic (exact) mass is 313 g/mol. The largest absolute Gasteiger partial charge is 0.385 e. The summed E-state index contributed by atoms with van der Waals surface area (Å²) in [5.41, 5.74) is 2.42. The van der Waals surface area contributed by atoms with Crippen molar-refractivity contribution in [1.29, 1.82) is 0 Å². The Morgan fingerprint density at radius 3 is 2.57 bits per heavy atom. The van der Waals surface area contributed by atoms with Crippen molar-refractivity contribution in [3.63, 3.8) is 0 Å². The fourth-order valence-corrected chi connectivity index (χ4v) is 2.35. The summed E-state index contributed by atoms with van der Waals surface area (Å²) in [7, 11) is -3.17. The van der Waals surface area contributed by atoms with Crippen molar-refractivity contribution in [3.05, 3.63) is 29.3 Å². The molecular formula is C14H23N3O3S. The molecule has 0 radical (unpaired) electrons. The van der Waals surface area contributed by atoms with Gasteiger partial charge in [0.1, 0.15) is 0 Å². The van der Waals surface area contributed by atoms with Crippen LogP contribution in [-0.2, 0) is 10.0 Å².